The number of rotatable bonds is 5. The Kier molecular flexibility index (Phi) is 4.20. The van der Waals surface area contributed by atoms with Gasteiger partial charge in [-0.1, -0.05) is 18.2 Å². The molecule has 17 heavy (non-hydrogen) atoms. The molecule has 1 N–H and O–H groups in total. The highest BCUT2D eigenvalue weighted by atomic mass is 16.6. The van der Waals surface area contributed by atoms with Crippen LogP contribution in [0, 0.1) is 10.1 Å². The molecule has 5 heteroatoms. The number of nitro groups is 1. The lowest BCUT2D eigenvalue weighted by Crippen LogP contribution is -2.35. The molecule has 0 aliphatic carbocycles. The van der Waals surface area contributed by atoms with Crippen LogP contribution in [0.25, 0.3) is 0 Å². The van der Waals surface area contributed by atoms with Gasteiger partial charge >= 0.3 is 0 Å². The minimum Gasteiger partial charge on any atom is -0.389 e. The van der Waals surface area contributed by atoms with Crippen molar-refractivity contribution in [2.75, 3.05) is 13.6 Å². The third-order valence-corrected chi connectivity index (χ3v) is 2.29. The van der Waals surface area contributed by atoms with Crippen LogP contribution in [0.3, 0.4) is 0 Å². The van der Waals surface area contributed by atoms with Crippen molar-refractivity contribution >= 4 is 5.69 Å². The van der Waals surface area contributed by atoms with E-state index >= 15 is 0 Å². The number of benzene rings is 1. The molecule has 0 bridgehead atoms. The monoisotopic (exact) mass is 238 g/mol. The molecule has 0 fully saturated rings. The molecule has 1 rings (SSSR count). The van der Waals surface area contributed by atoms with Crippen molar-refractivity contribution in [2.24, 2.45) is 0 Å². The average Bonchev–Trinajstić information content (AvgIpc) is 2.14. The summed E-state index contributed by atoms with van der Waals surface area (Å²) in [6, 6.07) is 6.66. The van der Waals surface area contributed by atoms with Crippen LogP contribution >= 0.6 is 0 Å². The quantitative estimate of drug-likeness (QED) is 0.627. The fourth-order valence-electron chi connectivity index (χ4n) is 1.83. The molecule has 1 aromatic rings. The van der Waals surface area contributed by atoms with Crippen LogP contribution in [0.4, 0.5) is 5.69 Å². The molecule has 0 aromatic heterocycles. The first-order valence-electron chi connectivity index (χ1n) is 5.43. The zero-order valence-electron chi connectivity index (χ0n) is 10.4. The highest BCUT2D eigenvalue weighted by Crippen LogP contribution is 2.19. The van der Waals surface area contributed by atoms with Gasteiger partial charge in [0.15, 0.2) is 0 Å². The Morgan fingerprint density at radius 1 is 1.41 bits per heavy atom. The van der Waals surface area contributed by atoms with E-state index < -0.39 is 5.60 Å². The van der Waals surface area contributed by atoms with E-state index in [0.717, 1.165) is 0 Å². The largest absolute Gasteiger partial charge is 0.389 e. The number of para-hydroxylation sites is 1. The molecule has 0 radical (unpaired) electrons. The van der Waals surface area contributed by atoms with Crippen molar-refractivity contribution in [1.29, 1.82) is 0 Å². The van der Waals surface area contributed by atoms with Gasteiger partial charge in [-0.3, -0.25) is 15.0 Å². The average molecular weight is 238 g/mol. The summed E-state index contributed by atoms with van der Waals surface area (Å²) < 4.78 is 0. The van der Waals surface area contributed by atoms with Crippen molar-refractivity contribution in [3.05, 3.63) is 39.9 Å². The SMILES string of the molecule is CN(Cc1ccccc1[N+](=O)[O-])CC(C)(C)O. The molecule has 0 saturated heterocycles. The maximum atomic E-state index is 10.8. The zero-order chi connectivity index (χ0) is 13.1. The molecule has 0 aliphatic rings. The van der Waals surface area contributed by atoms with Gasteiger partial charge in [0.25, 0.3) is 5.69 Å². The minimum absolute atomic E-state index is 0.120. The fraction of sp³-hybridized carbons (Fsp3) is 0.500. The Bertz CT molecular complexity index is 399. The second-order valence-corrected chi connectivity index (χ2v) is 4.87. The highest BCUT2D eigenvalue weighted by molar-refractivity contribution is 5.39. The predicted molar refractivity (Wildman–Crippen MR) is 65.7 cm³/mol. The lowest BCUT2D eigenvalue weighted by atomic mass is 10.1. The van der Waals surface area contributed by atoms with Crippen molar-refractivity contribution in [3.63, 3.8) is 0 Å². The number of hydrogen-bond acceptors (Lipinski definition) is 4. The van der Waals surface area contributed by atoms with E-state index in [0.29, 0.717) is 18.7 Å². The number of nitrogens with zero attached hydrogens (tertiary/aromatic N) is 2. The van der Waals surface area contributed by atoms with Gasteiger partial charge in [0, 0.05) is 24.7 Å². The molecule has 0 heterocycles. The van der Waals surface area contributed by atoms with Crippen LogP contribution in [0.5, 0.6) is 0 Å². The van der Waals surface area contributed by atoms with Crippen LogP contribution in [-0.4, -0.2) is 34.1 Å². The van der Waals surface area contributed by atoms with Gasteiger partial charge in [-0.2, -0.15) is 0 Å². The van der Waals surface area contributed by atoms with E-state index in [-0.39, 0.29) is 10.6 Å². The summed E-state index contributed by atoms with van der Waals surface area (Å²) in [7, 11) is 1.83. The Hall–Kier alpha value is -1.46. The first kappa shape index (κ1) is 13.6. The van der Waals surface area contributed by atoms with Gasteiger partial charge in [-0.25, -0.2) is 0 Å². The smallest absolute Gasteiger partial charge is 0.273 e. The summed E-state index contributed by atoms with van der Waals surface area (Å²) in [4.78, 5) is 12.3. The first-order valence-corrected chi connectivity index (χ1v) is 5.43. The summed E-state index contributed by atoms with van der Waals surface area (Å²) in [5, 5.41) is 20.5. The third kappa shape index (κ3) is 4.50. The second-order valence-electron chi connectivity index (χ2n) is 4.87. The fourth-order valence-corrected chi connectivity index (χ4v) is 1.83. The zero-order valence-corrected chi connectivity index (χ0v) is 10.4. The lowest BCUT2D eigenvalue weighted by molar-refractivity contribution is -0.385. The first-order chi connectivity index (χ1) is 7.79. The highest BCUT2D eigenvalue weighted by Gasteiger charge is 2.18. The number of likely N-dealkylation sites (N-methyl/N-ethyl adjacent to an activating group) is 1. The minimum atomic E-state index is -0.807. The van der Waals surface area contributed by atoms with E-state index in [2.05, 4.69) is 0 Å². The normalized spacial score (nSPS) is 11.8. The predicted octanol–water partition coefficient (Wildman–Crippen LogP) is 1.80. The van der Waals surface area contributed by atoms with Crippen molar-refractivity contribution in [1.82, 2.24) is 4.90 Å². The summed E-state index contributed by atoms with van der Waals surface area (Å²) in [5.74, 6) is 0. The maximum absolute atomic E-state index is 10.8. The number of hydrogen-bond donors (Lipinski definition) is 1. The molecule has 5 nitrogen and oxygen atoms in total. The van der Waals surface area contributed by atoms with Gasteiger partial charge in [0.2, 0.25) is 0 Å². The van der Waals surface area contributed by atoms with E-state index in [1.54, 1.807) is 32.0 Å². The lowest BCUT2D eigenvalue weighted by Gasteiger charge is -2.25. The Labute approximate surface area is 101 Å². The third-order valence-electron chi connectivity index (χ3n) is 2.29. The molecule has 1 aromatic carbocycles. The van der Waals surface area contributed by atoms with Crippen LogP contribution in [0.2, 0.25) is 0 Å². The molecule has 0 spiro atoms. The Morgan fingerprint density at radius 3 is 2.53 bits per heavy atom. The molecule has 0 atom stereocenters. The summed E-state index contributed by atoms with van der Waals surface area (Å²) >= 11 is 0. The molecule has 0 saturated carbocycles. The second kappa shape index (κ2) is 5.25. The molecule has 0 aliphatic heterocycles. The van der Waals surface area contributed by atoms with Gasteiger partial charge in [0.1, 0.15) is 0 Å². The summed E-state index contributed by atoms with van der Waals surface area (Å²) in [6.07, 6.45) is 0. The van der Waals surface area contributed by atoms with E-state index in [9.17, 15) is 15.2 Å². The van der Waals surface area contributed by atoms with Crippen LogP contribution in [0.1, 0.15) is 19.4 Å². The Morgan fingerprint density at radius 2 is 2.00 bits per heavy atom. The van der Waals surface area contributed by atoms with Gasteiger partial charge in [-0.05, 0) is 20.9 Å². The van der Waals surface area contributed by atoms with Crippen molar-refractivity contribution < 1.29 is 10.0 Å². The summed E-state index contributed by atoms with van der Waals surface area (Å²) in [5.41, 5.74) is -0.0301. The van der Waals surface area contributed by atoms with Gasteiger partial charge < -0.3 is 5.11 Å². The standard InChI is InChI=1S/C12H18N2O3/c1-12(2,15)9-13(3)8-10-6-4-5-7-11(10)14(16)17/h4-7,15H,8-9H2,1-3H3. The van der Waals surface area contributed by atoms with Crippen LogP contribution < -0.4 is 0 Å². The number of nitro benzene ring substituents is 1. The maximum Gasteiger partial charge on any atom is 0.273 e. The molecule has 0 amide bonds. The molecular weight excluding hydrogens is 220 g/mol. The van der Waals surface area contributed by atoms with Crippen LogP contribution in [-0.2, 0) is 6.54 Å². The molecular formula is C12H18N2O3. The van der Waals surface area contributed by atoms with Crippen molar-refractivity contribution in [2.45, 2.75) is 26.0 Å². The number of aliphatic hydroxyl groups is 1. The Balaban J connectivity index is 2.78. The van der Waals surface area contributed by atoms with E-state index in [1.807, 2.05) is 11.9 Å². The van der Waals surface area contributed by atoms with Crippen molar-refractivity contribution in [3.8, 4) is 0 Å². The molecule has 0 unspecified atom stereocenters. The van der Waals surface area contributed by atoms with Crippen LogP contribution in [0.15, 0.2) is 24.3 Å². The van der Waals surface area contributed by atoms with Gasteiger partial charge in [0.05, 0.1) is 10.5 Å². The van der Waals surface area contributed by atoms with E-state index in [4.69, 9.17) is 0 Å². The van der Waals surface area contributed by atoms with E-state index in [1.165, 1.54) is 6.07 Å². The topological polar surface area (TPSA) is 66.6 Å². The molecule has 94 valence electrons. The summed E-state index contributed by atoms with van der Waals surface area (Å²) in [6.45, 7) is 4.33. The van der Waals surface area contributed by atoms with Gasteiger partial charge in [-0.15, -0.1) is 0 Å².